The van der Waals surface area contributed by atoms with Gasteiger partial charge in [0.05, 0.1) is 0 Å². The molecule has 0 amide bonds. The Kier molecular flexibility index (Phi) is 9.96. The molecule has 4 heteroatoms. The Balaban J connectivity index is 0.000000139. The Morgan fingerprint density at radius 1 is 0.528 bits per heavy atom. The van der Waals surface area contributed by atoms with Gasteiger partial charge in [-0.05, 0) is 11.1 Å². The first-order valence-electron chi connectivity index (χ1n) is 11.9. The number of benzene rings is 4. The van der Waals surface area contributed by atoms with Gasteiger partial charge in [-0.3, -0.25) is 0 Å². The van der Waals surface area contributed by atoms with Crippen molar-refractivity contribution in [2.75, 3.05) is 0 Å². The summed E-state index contributed by atoms with van der Waals surface area (Å²) in [5.41, 5.74) is 4.98. The van der Waals surface area contributed by atoms with Crippen molar-refractivity contribution in [3.63, 3.8) is 0 Å². The first-order chi connectivity index (χ1) is 17.5. The molecule has 0 spiro atoms. The monoisotopic (exact) mass is 600 g/mol. The average Bonchev–Trinajstić information content (AvgIpc) is 3.60. The van der Waals surface area contributed by atoms with E-state index < -0.39 is 18.0 Å². The van der Waals surface area contributed by atoms with E-state index in [0.29, 0.717) is 0 Å². The molecule has 0 aliphatic carbocycles. The van der Waals surface area contributed by atoms with Crippen molar-refractivity contribution in [3.8, 4) is 22.3 Å². The molecule has 0 radical (unpaired) electrons. The molecule has 0 saturated heterocycles. The molecule has 0 heterocycles. The van der Waals surface area contributed by atoms with Crippen LogP contribution in [0.2, 0.25) is 13.1 Å². The van der Waals surface area contributed by atoms with Crippen molar-refractivity contribution in [2.24, 2.45) is 0 Å². The molecule has 6 aromatic rings. The summed E-state index contributed by atoms with van der Waals surface area (Å²) in [6.07, 6.45) is 0. The molecular weight excluding hydrogens is 575 g/mol. The van der Waals surface area contributed by atoms with Gasteiger partial charge < -0.3 is 0 Å². The van der Waals surface area contributed by atoms with E-state index in [0.717, 1.165) is 0 Å². The zero-order valence-electron chi connectivity index (χ0n) is 20.5. The molecule has 0 fully saturated rings. The van der Waals surface area contributed by atoms with Gasteiger partial charge in [-0.15, -0.1) is 57.9 Å². The zero-order valence-corrected chi connectivity index (χ0v) is 25.4. The maximum atomic E-state index is 5.62. The van der Waals surface area contributed by atoms with Gasteiger partial charge in [-0.2, -0.15) is 24.3 Å². The second kappa shape index (κ2) is 13.4. The predicted octanol–water partition coefficient (Wildman–Crippen LogP) is 10.6. The van der Waals surface area contributed by atoms with Crippen LogP contribution in [-0.4, -0.2) is 5.43 Å². The first kappa shape index (κ1) is 26.8. The third-order valence-corrected chi connectivity index (χ3v) is 25.7. The molecule has 0 bridgehead atoms. The molecule has 36 heavy (non-hydrogen) atoms. The molecule has 6 aromatic carbocycles. The molecule has 0 saturated carbocycles. The van der Waals surface area contributed by atoms with Crippen LogP contribution in [0, 0.1) is 0 Å². The Bertz CT molecular complexity index is 1440. The van der Waals surface area contributed by atoms with Crippen molar-refractivity contribution in [3.05, 3.63) is 133 Å². The van der Waals surface area contributed by atoms with Gasteiger partial charge in [0.15, 0.2) is 0 Å². The van der Waals surface area contributed by atoms with E-state index in [1.807, 2.05) is 0 Å². The molecule has 0 atom stereocenters. The molecule has 0 aromatic heterocycles. The van der Waals surface area contributed by atoms with E-state index in [2.05, 4.69) is 147 Å². The minimum absolute atomic E-state index is 0.224. The molecule has 180 valence electrons. The van der Waals surface area contributed by atoms with Gasteiger partial charge in [0.1, 0.15) is 0 Å². The fourth-order valence-corrected chi connectivity index (χ4v) is 4.06. The molecule has 0 nitrogen and oxygen atoms in total. The minimum atomic E-state index is -1.65. The summed E-state index contributed by atoms with van der Waals surface area (Å²) in [7, 11) is 11.2. The summed E-state index contributed by atoms with van der Waals surface area (Å²) in [6.45, 7) is 4.33. The summed E-state index contributed by atoms with van der Waals surface area (Å²) in [5, 5.41) is 5.31. The summed E-state index contributed by atoms with van der Waals surface area (Å²) < 4.78 is 0. The van der Waals surface area contributed by atoms with Crippen molar-refractivity contribution in [2.45, 2.75) is 13.1 Å². The van der Waals surface area contributed by atoms with Crippen LogP contribution >= 0.6 is 17.0 Å². The van der Waals surface area contributed by atoms with E-state index in [1.165, 1.54) is 43.8 Å². The third-order valence-electron chi connectivity index (χ3n) is 5.90. The average molecular weight is 603 g/mol. The minimum Gasteiger partial charge on any atom is -0.168 e. The van der Waals surface area contributed by atoms with Crippen molar-refractivity contribution in [1.29, 1.82) is 0 Å². The Morgan fingerprint density at radius 3 is 1.28 bits per heavy atom. The van der Waals surface area contributed by atoms with E-state index in [9.17, 15) is 0 Å². The van der Waals surface area contributed by atoms with Crippen molar-refractivity contribution >= 4 is 44.0 Å². The predicted molar refractivity (Wildman–Crippen MR) is 159 cm³/mol. The maximum absolute atomic E-state index is 5.62. The van der Waals surface area contributed by atoms with Gasteiger partial charge in [-0.25, -0.2) is 0 Å². The number of hydrogen-bond donors (Lipinski definition) is 0. The summed E-state index contributed by atoms with van der Waals surface area (Å²) in [6, 6.07) is 46.8. The van der Waals surface area contributed by atoms with Crippen LogP contribution in [0.5, 0.6) is 0 Å². The fourth-order valence-electron chi connectivity index (χ4n) is 4.06. The van der Waals surface area contributed by atoms with Gasteiger partial charge in [0, 0.05) is 0 Å². The Hall–Kier alpha value is -2.22. The van der Waals surface area contributed by atoms with E-state index in [4.69, 9.17) is 17.0 Å². The van der Waals surface area contributed by atoms with Gasteiger partial charge in [0.2, 0.25) is 0 Å². The van der Waals surface area contributed by atoms with Crippen LogP contribution in [0.1, 0.15) is 0 Å². The Labute approximate surface area is 229 Å². The van der Waals surface area contributed by atoms with E-state index >= 15 is 0 Å². The largest absolute Gasteiger partial charge is 0.168 e. The Morgan fingerprint density at radius 2 is 0.917 bits per heavy atom. The SMILES string of the molecule is C[Si](C)=[Zr]([Cl])[Cl].c1ccc(-c2cccc3[cH-]ccc23)cc1.c1ccc(-c2cccc3[cH-]ccc23)cc1. The van der Waals surface area contributed by atoms with Crippen LogP contribution in [0.4, 0.5) is 0 Å². The summed E-state index contributed by atoms with van der Waals surface area (Å²) >= 11 is -1.65. The second-order valence-electron chi connectivity index (χ2n) is 8.66. The van der Waals surface area contributed by atoms with Gasteiger partial charge >= 0.3 is 53.5 Å². The smallest absolute Gasteiger partial charge is 0.0279 e. The molecule has 0 unspecified atom stereocenters. The summed E-state index contributed by atoms with van der Waals surface area (Å²) in [5.74, 6) is 0. The van der Waals surface area contributed by atoms with Crippen LogP contribution in [0.3, 0.4) is 0 Å². The quantitative estimate of drug-likeness (QED) is 0.137. The number of rotatable bonds is 2. The normalized spacial score (nSPS) is 10.2. The summed E-state index contributed by atoms with van der Waals surface area (Å²) in [4.78, 5) is 0. The molecule has 6 rings (SSSR count). The third kappa shape index (κ3) is 6.96. The van der Waals surface area contributed by atoms with Crippen LogP contribution in [-0.2, 0) is 18.0 Å². The number of halogens is 2. The van der Waals surface area contributed by atoms with Crippen molar-refractivity contribution in [1.82, 2.24) is 0 Å². The van der Waals surface area contributed by atoms with Crippen molar-refractivity contribution < 1.29 is 18.0 Å². The molecule has 0 N–H and O–H groups in total. The molecule has 0 aliphatic heterocycles. The second-order valence-corrected chi connectivity index (χ2v) is 31.6. The first-order valence-corrected chi connectivity index (χ1v) is 24.4. The van der Waals surface area contributed by atoms with Gasteiger partial charge in [-0.1, -0.05) is 83.9 Å². The number of hydrogen-bond acceptors (Lipinski definition) is 0. The standard InChI is InChI=1S/2C15H11.C2H6Si.2ClH.Zr/c2*1-2-6-12(7-3-1)14-10-4-8-13-9-5-11-15(13)14;1-3-2;;;/h2*1-11H;1-2H3;2*1H;/q2*-1;;;;+2/p-2. The fraction of sp³-hybridized carbons (Fsp3) is 0.0625. The molecular formula is C32H28Cl2SiZr-2. The van der Waals surface area contributed by atoms with Crippen LogP contribution in [0.15, 0.2) is 133 Å². The van der Waals surface area contributed by atoms with E-state index in [-0.39, 0.29) is 5.43 Å². The maximum Gasteiger partial charge on any atom is -0.0279 e. The van der Waals surface area contributed by atoms with Crippen LogP contribution < -0.4 is 0 Å². The molecule has 0 aliphatic rings. The van der Waals surface area contributed by atoms with Gasteiger partial charge in [0.25, 0.3) is 0 Å². The van der Waals surface area contributed by atoms with Crippen LogP contribution in [0.25, 0.3) is 43.8 Å². The number of fused-ring (bicyclic) bond motifs is 2. The zero-order chi connectivity index (χ0) is 25.3. The topological polar surface area (TPSA) is 0 Å². The van der Waals surface area contributed by atoms with E-state index in [1.54, 1.807) is 0 Å².